The van der Waals surface area contributed by atoms with E-state index in [2.05, 4.69) is 60.7 Å². The molecule has 1 aromatic carbocycles. The van der Waals surface area contributed by atoms with E-state index in [9.17, 15) is 0 Å². The van der Waals surface area contributed by atoms with Crippen LogP contribution in [0.2, 0.25) is 0 Å². The first-order valence-corrected chi connectivity index (χ1v) is 7.52. The number of nitrogens with one attached hydrogen (secondary N) is 2. The van der Waals surface area contributed by atoms with Gasteiger partial charge in [-0.3, -0.25) is 4.98 Å². The summed E-state index contributed by atoms with van der Waals surface area (Å²) in [6.45, 7) is 6.52. The molecule has 0 fully saturated rings. The van der Waals surface area contributed by atoms with Gasteiger partial charge in [0, 0.05) is 18.1 Å². The second-order valence-corrected chi connectivity index (χ2v) is 5.82. The first kappa shape index (κ1) is 15.4. The number of aromatic nitrogens is 1. The summed E-state index contributed by atoms with van der Waals surface area (Å²) in [7, 11) is 0. The van der Waals surface area contributed by atoms with Crippen molar-refractivity contribution in [2.45, 2.75) is 26.8 Å². The second-order valence-electron chi connectivity index (χ2n) is 5.41. The van der Waals surface area contributed by atoms with Crippen LogP contribution < -0.4 is 10.6 Å². The van der Waals surface area contributed by atoms with Crippen molar-refractivity contribution in [1.82, 2.24) is 10.3 Å². The third-order valence-corrected chi connectivity index (χ3v) is 3.63. The smallest absolute Gasteiger partial charge is 0.171 e. The van der Waals surface area contributed by atoms with E-state index < -0.39 is 0 Å². The number of anilines is 1. The Labute approximate surface area is 131 Å². The Morgan fingerprint density at radius 1 is 1.10 bits per heavy atom. The molecule has 0 bridgehead atoms. The Hall–Kier alpha value is -1.94. The molecule has 0 aliphatic heterocycles. The molecule has 0 saturated carbocycles. The van der Waals surface area contributed by atoms with Crippen LogP contribution >= 0.6 is 12.2 Å². The number of aryl methyl sites for hydroxylation is 1. The predicted molar refractivity (Wildman–Crippen MR) is 92.4 cm³/mol. The van der Waals surface area contributed by atoms with E-state index in [1.54, 1.807) is 12.4 Å². The number of pyridine rings is 1. The van der Waals surface area contributed by atoms with E-state index >= 15 is 0 Å². The molecule has 1 aromatic heterocycles. The number of hydrogen-bond acceptors (Lipinski definition) is 2. The van der Waals surface area contributed by atoms with Gasteiger partial charge in [0.25, 0.3) is 0 Å². The maximum Gasteiger partial charge on any atom is 0.171 e. The van der Waals surface area contributed by atoms with Gasteiger partial charge in [0.15, 0.2) is 5.11 Å². The molecule has 2 N–H and O–H groups in total. The van der Waals surface area contributed by atoms with E-state index in [0.29, 0.717) is 11.0 Å². The predicted octanol–water partition coefficient (Wildman–Crippen LogP) is 4.07. The van der Waals surface area contributed by atoms with Gasteiger partial charge >= 0.3 is 0 Å². The van der Waals surface area contributed by atoms with Crippen molar-refractivity contribution in [1.29, 1.82) is 0 Å². The van der Waals surface area contributed by atoms with Gasteiger partial charge in [0.05, 0.1) is 6.04 Å². The third kappa shape index (κ3) is 4.26. The van der Waals surface area contributed by atoms with Crippen LogP contribution in [0.3, 0.4) is 0 Å². The van der Waals surface area contributed by atoms with Crippen molar-refractivity contribution in [2.24, 2.45) is 5.92 Å². The van der Waals surface area contributed by atoms with Crippen molar-refractivity contribution in [3.8, 4) is 0 Å². The zero-order chi connectivity index (χ0) is 15.2. The molecule has 0 spiro atoms. The van der Waals surface area contributed by atoms with Crippen LogP contribution in [0, 0.1) is 12.8 Å². The first-order chi connectivity index (χ1) is 10.1. The largest absolute Gasteiger partial charge is 0.355 e. The monoisotopic (exact) mass is 299 g/mol. The number of rotatable bonds is 4. The Morgan fingerprint density at radius 2 is 1.76 bits per heavy atom. The molecular formula is C17H21N3S. The molecule has 21 heavy (non-hydrogen) atoms. The molecule has 4 heteroatoms. The lowest BCUT2D eigenvalue weighted by Gasteiger charge is -2.26. The molecule has 2 aromatic rings. The molecule has 110 valence electrons. The van der Waals surface area contributed by atoms with Gasteiger partial charge in [-0.05, 0) is 48.3 Å². The molecule has 0 saturated heterocycles. The van der Waals surface area contributed by atoms with Gasteiger partial charge < -0.3 is 10.6 Å². The molecule has 0 aliphatic carbocycles. The third-order valence-electron chi connectivity index (χ3n) is 3.41. The Morgan fingerprint density at radius 3 is 2.38 bits per heavy atom. The fourth-order valence-electron chi connectivity index (χ4n) is 2.28. The van der Waals surface area contributed by atoms with E-state index in [-0.39, 0.29) is 6.04 Å². The maximum atomic E-state index is 5.43. The molecule has 0 amide bonds. The van der Waals surface area contributed by atoms with Gasteiger partial charge in [-0.2, -0.15) is 0 Å². The average Bonchev–Trinajstić information content (AvgIpc) is 2.46. The van der Waals surface area contributed by atoms with E-state index in [0.717, 1.165) is 5.69 Å². The fraction of sp³-hybridized carbons (Fsp3) is 0.294. The van der Waals surface area contributed by atoms with Crippen molar-refractivity contribution in [2.75, 3.05) is 5.32 Å². The topological polar surface area (TPSA) is 37.0 Å². The molecule has 1 atom stereocenters. The number of benzene rings is 1. The second kappa shape index (κ2) is 7.18. The minimum Gasteiger partial charge on any atom is -0.355 e. The molecule has 3 nitrogen and oxygen atoms in total. The van der Waals surface area contributed by atoms with Gasteiger partial charge in [-0.1, -0.05) is 38.1 Å². The van der Waals surface area contributed by atoms with Crippen molar-refractivity contribution in [3.63, 3.8) is 0 Å². The summed E-state index contributed by atoms with van der Waals surface area (Å²) in [6, 6.07) is 12.4. The van der Waals surface area contributed by atoms with Crippen LogP contribution in [0.15, 0.2) is 48.8 Å². The zero-order valence-corrected chi connectivity index (χ0v) is 13.4. The van der Waals surface area contributed by atoms with Crippen molar-refractivity contribution in [3.05, 3.63) is 59.9 Å². The Bertz CT molecular complexity index is 596. The molecule has 1 heterocycles. The number of nitrogens with zero attached hydrogens (tertiary/aromatic N) is 1. The van der Waals surface area contributed by atoms with Crippen LogP contribution in [0.4, 0.5) is 5.69 Å². The lowest BCUT2D eigenvalue weighted by molar-refractivity contribution is 0.471. The minimum absolute atomic E-state index is 0.188. The van der Waals surface area contributed by atoms with Gasteiger partial charge in [0.2, 0.25) is 0 Å². The quantitative estimate of drug-likeness (QED) is 0.834. The maximum absolute atomic E-state index is 5.43. The molecular weight excluding hydrogens is 278 g/mol. The van der Waals surface area contributed by atoms with Gasteiger partial charge in [-0.15, -0.1) is 0 Å². The summed E-state index contributed by atoms with van der Waals surface area (Å²) in [6.07, 6.45) is 3.48. The molecule has 0 unspecified atom stereocenters. The van der Waals surface area contributed by atoms with Crippen LogP contribution in [0.25, 0.3) is 0 Å². The number of hydrogen-bond donors (Lipinski definition) is 2. The van der Waals surface area contributed by atoms with Gasteiger partial charge in [0.1, 0.15) is 0 Å². The first-order valence-electron chi connectivity index (χ1n) is 7.11. The summed E-state index contributed by atoms with van der Waals surface area (Å²) in [5, 5.41) is 7.25. The van der Waals surface area contributed by atoms with E-state index in [4.69, 9.17) is 12.2 Å². The highest BCUT2D eigenvalue weighted by Crippen LogP contribution is 2.24. The minimum atomic E-state index is 0.188. The standard InChI is InChI=1S/C17H21N3S/c1-12(2)16(15-7-5-4-6-13(15)3)20-17(21)19-14-8-10-18-11-9-14/h4-12,16H,1-3H3,(H2,18,19,20,21)/t16-/m1/s1. The van der Waals surface area contributed by atoms with E-state index in [1.165, 1.54) is 11.1 Å². The van der Waals surface area contributed by atoms with Crippen LogP contribution in [0.5, 0.6) is 0 Å². The fourth-order valence-corrected chi connectivity index (χ4v) is 2.53. The average molecular weight is 299 g/mol. The molecule has 0 radical (unpaired) electrons. The summed E-state index contributed by atoms with van der Waals surface area (Å²) in [5.41, 5.74) is 3.50. The SMILES string of the molecule is Cc1ccccc1[C@H](NC(=S)Nc1ccncc1)C(C)C. The Balaban J connectivity index is 2.10. The summed E-state index contributed by atoms with van der Waals surface area (Å²) < 4.78 is 0. The van der Waals surface area contributed by atoms with Gasteiger partial charge in [-0.25, -0.2) is 0 Å². The summed E-state index contributed by atoms with van der Waals surface area (Å²) in [5.74, 6) is 0.434. The molecule has 0 aliphatic rings. The molecule has 2 rings (SSSR count). The Kier molecular flexibility index (Phi) is 5.28. The highest BCUT2D eigenvalue weighted by atomic mass is 32.1. The number of thiocarbonyl (C=S) groups is 1. The lowest BCUT2D eigenvalue weighted by Crippen LogP contribution is -2.35. The summed E-state index contributed by atoms with van der Waals surface area (Å²) >= 11 is 5.43. The summed E-state index contributed by atoms with van der Waals surface area (Å²) in [4.78, 5) is 4.00. The zero-order valence-electron chi connectivity index (χ0n) is 12.6. The van der Waals surface area contributed by atoms with Crippen LogP contribution in [-0.4, -0.2) is 10.1 Å². The van der Waals surface area contributed by atoms with Crippen LogP contribution in [0.1, 0.15) is 31.0 Å². The van der Waals surface area contributed by atoms with Crippen LogP contribution in [-0.2, 0) is 0 Å². The van der Waals surface area contributed by atoms with Crippen molar-refractivity contribution < 1.29 is 0 Å². The highest BCUT2D eigenvalue weighted by Gasteiger charge is 2.18. The lowest BCUT2D eigenvalue weighted by atomic mass is 9.93. The highest BCUT2D eigenvalue weighted by molar-refractivity contribution is 7.80. The van der Waals surface area contributed by atoms with Crippen molar-refractivity contribution >= 4 is 23.0 Å². The normalized spacial score (nSPS) is 12.0. The van der Waals surface area contributed by atoms with E-state index in [1.807, 2.05) is 12.1 Å².